The molecule has 5 atom stereocenters. The normalized spacial score (nSPS) is 29.1. The van der Waals surface area contributed by atoms with Crippen LogP contribution in [-0.2, 0) is 16.0 Å². The van der Waals surface area contributed by atoms with Gasteiger partial charge in [0.25, 0.3) is 0 Å². The van der Waals surface area contributed by atoms with Gasteiger partial charge in [0.1, 0.15) is 0 Å². The van der Waals surface area contributed by atoms with Gasteiger partial charge in [0.05, 0.1) is 18.3 Å². The van der Waals surface area contributed by atoms with Crippen molar-refractivity contribution >= 4 is 17.3 Å². The summed E-state index contributed by atoms with van der Waals surface area (Å²) in [5.74, 6) is 0.106. The van der Waals surface area contributed by atoms with E-state index in [1.165, 1.54) is 5.56 Å². The zero-order chi connectivity index (χ0) is 18.4. The monoisotopic (exact) mass is 376 g/mol. The van der Waals surface area contributed by atoms with Crippen LogP contribution in [0.15, 0.2) is 41.1 Å². The minimum atomic E-state index is -0.730. The van der Waals surface area contributed by atoms with E-state index >= 15 is 0 Å². The first-order chi connectivity index (χ1) is 12.6. The van der Waals surface area contributed by atoms with Gasteiger partial charge in [-0.05, 0) is 60.4 Å². The average Bonchev–Trinajstić information content (AvgIpc) is 3.33. The smallest absolute Gasteiger partial charge is 0.303 e. The summed E-state index contributed by atoms with van der Waals surface area (Å²) < 4.78 is 6.10. The van der Waals surface area contributed by atoms with Crippen LogP contribution in [0, 0.1) is 11.8 Å². The zero-order valence-electron chi connectivity index (χ0n) is 15.0. The minimum Gasteiger partial charge on any atom is -0.481 e. The van der Waals surface area contributed by atoms with Crippen LogP contribution >= 0.6 is 11.3 Å². The number of fused-ring (bicyclic) bond motifs is 2. The van der Waals surface area contributed by atoms with E-state index in [4.69, 9.17) is 9.84 Å². The van der Waals surface area contributed by atoms with Gasteiger partial charge in [0, 0.05) is 18.8 Å². The topological polar surface area (TPSA) is 66.8 Å². The molecule has 2 bridgehead atoms. The molecule has 2 fully saturated rings. The molecule has 1 unspecified atom stereocenters. The van der Waals surface area contributed by atoms with Crippen LogP contribution in [0.4, 0.5) is 0 Å². The second-order valence-corrected chi connectivity index (χ2v) is 8.09. The molecule has 142 valence electrons. The highest BCUT2D eigenvalue weighted by molar-refractivity contribution is 7.07. The Hall–Kier alpha value is -1.43. The molecular formula is C21H28O4S. The summed E-state index contributed by atoms with van der Waals surface area (Å²) in [6.45, 7) is 0. The van der Waals surface area contributed by atoms with Gasteiger partial charge in [0.2, 0.25) is 0 Å². The van der Waals surface area contributed by atoms with Crippen LogP contribution in [0.3, 0.4) is 0 Å². The van der Waals surface area contributed by atoms with Crippen molar-refractivity contribution in [3.63, 3.8) is 0 Å². The van der Waals surface area contributed by atoms with Crippen molar-refractivity contribution in [1.82, 2.24) is 0 Å². The molecule has 1 aromatic rings. The summed E-state index contributed by atoms with van der Waals surface area (Å²) in [6, 6.07) is 2.06. The van der Waals surface area contributed by atoms with Gasteiger partial charge in [-0.2, -0.15) is 11.3 Å². The van der Waals surface area contributed by atoms with E-state index in [1.807, 2.05) is 11.5 Å². The molecule has 0 spiro atoms. The Morgan fingerprint density at radius 3 is 2.96 bits per heavy atom. The lowest BCUT2D eigenvalue weighted by Crippen LogP contribution is -2.25. The largest absolute Gasteiger partial charge is 0.481 e. The number of rotatable bonds is 10. The highest BCUT2D eigenvalue weighted by Crippen LogP contribution is 2.45. The molecule has 5 heteroatoms. The van der Waals surface area contributed by atoms with Crippen molar-refractivity contribution < 1.29 is 19.7 Å². The summed E-state index contributed by atoms with van der Waals surface area (Å²) in [7, 11) is 0. The van der Waals surface area contributed by atoms with Gasteiger partial charge in [-0.25, -0.2) is 0 Å². The van der Waals surface area contributed by atoms with Crippen LogP contribution in [0.25, 0.3) is 0 Å². The number of hydrogen-bond donors (Lipinski definition) is 2. The van der Waals surface area contributed by atoms with Crippen LogP contribution in [-0.4, -0.2) is 34.5 Å². The van der Waals surface area contributed by atoms with E-state index in [2.05, 4.69) is 29.7 Å². The minimum absolute atomic E-state index is 0.231. The first-order valence-corrected chi connectivity index (χ1v) is 10.5. The highest BCUT2D eigenvalue weighted by atomic mass is 32.1. The van der Waals surface area contributed by atoms with E-state index in [0.717, 1.165) is 25.7 Å². The molecule has 0 saturated carbocycles. The number of carboxylic acid groups (broad SMARTS) is 1. The second kappa shape index (κ2) is 9.49. The third-order valence-electron chi connectivity index (χ3n) is 5.40. The Bertz CT molecular complexity index is 622. The summed E-state index contributed by atoms with van der Waals surface area (Å²) in [4.78, 5) is 10.5. The molecule has 1 aromatic heterocycles. The maximum Gasteiger partial charge on any atom is 0.303 e. The number of allylic oxidation sites excluding steroid dienone is 2. The molecule has 2 aliphatic heterocycles. The van der Waals surface area contributed by atoms with Gasteiger partial charge in [-0.15, -0.1) is 0 Å². The Kier molecular flexibility index (Phi) is 7.06. The highest BCUT2D eigenvalue weighted by Gasteiger charge is 2.46. The summed E-state index contributed by atoms with van der Waals surface area (Å²) in [5, 5.41) is 23.1. The van der Waals surface area contributed by atoms with Gasteiger partial charge < -0.3 is 14.9 Å². The molecule has 0 aromatic carbocycles. The molecule has 2 aliphatic rings. The first-order valence-electron chi connectivity index (χ1n) is 9.53. The Labute approximate surface area is 159 Å². The molecule has 2 saturated heterocycles. The number of aliphatic carboxylic acids is 1. The Balaban J connectivity index is 1.49. The van der Waals surface area contributed by atoms with Crippen LogP contribution in [0.1, 0.15) is 44.1 Å². The summed E-state index contributed by atoms with van der Waals surface area (Å²) >= 11 is 1.66. The lowest BCUT2D eigenvalue weighted by molar-refractivity contribution is -0.137. The molecule has 3 rings (SSSR count). The van der Waals surface area contributed by atoms with Crippen LogP contribution < -0.4 is 0 Å². The molecule has 26 heavy (non-hydrogen) atoms. The number of aliphatic hydroxyl groups excluding tert-OH is 1. The zero-order valence-corrected chi connectivity index (χ0v) is 15.8. The molecule has 0 radical (unpaired) electrons. The quantitative estimate of drug-likeness (QED) is 0.474. The third-order valence-corrected chi connectivity index (χ3v) is 6.14. The maximum atomic E-state index is 10.5. The van der Waals surface area contributed by atoms with Crippen molar-refractivity contribution in [3.05, 3.63) is 46.7 Å². The Morgan fingerprint density at radius 2 is 2.19 bits per heavy atom. The lowest BCUT2D eigenvalue weighted by Gasteiger charge is -2.25. The van der Waals surface area contributed by atoms with Crippen molar-refractivity contribution in [1.29, 1.82) is 0 Å². The first kappa shape index (κ1) is 19.3. The number of aliphatic hydroxyl groups is 1. The maximum absolute atomic E-state index is 10.5. The van der Waals surface area contributed by atoms with E-state index < -0.39 is 12.1 Å². The number of hydrogen-bond acceptors (Lipinski definition) is 4. The van der Waals surface area contributed by atoms with Crippen molar-refractivity contribution in [2.75, 3.05) is 0 Å². The van der Waals surface area contributed by atoms with Gasteiger partial charge >= 0.3 is 5.97 Å². The molecule has 2 N–H and O–H groups in total. The number of carbonyl (C=O) groups is 1. The fourth-order valence-corrected chi connectivity index (χ4v) is 4.79. The van der Waals surface area contributed by atoms with E-state index in [9.17, 15) is 9.90 Å². The fraction of sp³-hybridized carbons (Fsp3) is 0.571. The summed E-state index contributed by atoms with van der Waals surface area (Å²) in [6.07, 6.45) is 14.2. The SMILES string of the molecule is O=C(O)CCCC=CC[C@@H]1[C@H](C=CC(O)Cc2ccsc2)[C@@H]2CC[C@H]1O2. The molecular weight excluding hydrogens is 348 g/mol. The standard InChI is InChI=1S/C21H28O4S/c22-16(13-15-11-12-26-14-15)7-8-18-17(19-9-10-20(18)25-19)5-3-1-2-4-6-21(23)24/h1,3,7-8,11-12,14,16-20,22H,2,4-6,9-10,13H2,(H,23,24)/t16?,17-,18+,19-,20+/m1/s1. The molecule has 0 aliphatic carbocycles. The lowest BCUT2D eigenvalue weighted by atomic mass is 9.77. The predicted molar refractivity (Wildman–Crippen MR) is 103 cm³/mol. The van der Waals surface area contributed by atoms with Crippen molar-refractivity contribution in [2.45, 2.75) is 63.3 Å². The second-order valence-electron chi connectivity index (χ2n) is 7.31. The van der Waals surface area contributed by atoms with E-state index in [1.54, 1.807) is 11.3 Å². The van der Waals surface area contributed by atoms with Gasteiger partial charge in [-0.3, -0.25) is 4.79 Å². The third kappa shape index (κ3) is 5.29. The Morgan fingerprint density at radius 1 is 1.35 bits per heavy atom. The van der Waals surface area contributed by atoms with Crippen molar-refractivity contribution in [2.24, 2.45) is 11.8 Å². The number of thiophene rings is 1. The van der Waals surface area contributed by atoms with E-state index in [0.29, 0.717) is 30.8 Å². The van der Waals surface area contributed by atoms with Crippen LogP contribution in [0.2, 0.25) is 0 Å². The number of carboxylic acids is 1. The number of ether oxygens (including phenoxy) is 1. The van der Waals surface area contributed by atoms with E-state index in [-0.39, 0.29) is 12.5 Å². The fourth-order valence-electron chi connectivity index (χ4n) is 4.10. The van der Waals surface area contributed by atoms with Crippen LogP contribution in [0.5, 0.6) is 0 Å². The predicted octanol–water partition coefficient (Wildman–Crippen LogP) is 4.20. The molecule has 0 amide bonds. The molecule has 4 nitrogen and oxygen atoms in total. The van der Waals surface area contributed by atoms with Crippen molar-refractivity contribution in [3.8, 4) is 0 Å². The average molecular weight is 377 g/mol. The van der Waals surface area contributed by atoms with Gasteiger partial charge in [-0.1, -0.05) is 24.3 Å². The van der Waals surface area contributed by atoms with Gasteiger partial charge in [0.15, 0.2) is 0 Å². The number of unbranched alkanes of at least 4 members (excludes halogenated alkanes) is 1. The summed E-state index contributed by atoms with van der Waals surface area (Å²) in [5.41, 5.74) is 1.18. The molecule has 3 heterocycles.